The van der Waals surface area contributed by atoms with Gasteiger partial charge in [0.05, 0.1) is 11.3 Å². The van der Waals surface area contributed by atoms with Gasteiger partial charge in [0.1, 0.15) is 0 Å². The van der Waals surface area contributed by atoms with Crippen molar-refractivity contribution in [3.63, 3.8) is 0 Å². The third kappa shape index (κ3) is 1.08. The van der Waals surface area contributed by atoms with Crippen LogP contribution in [-0.4, -0.2) is 0 Å². The summed E-state index contributed by atoms with van der Waals surface area (Å²) in [6.07, 6.45) is 0. The minimum atomic E-state index is -0.00801. The van der Waals surface area contributed by atoms with Crippen LogP contribution in [-0.2, 0) is 0 Å². The molecule has 0 spiro atoms. The van der Waals surface area contributed by atoms with E-state index < -0.39 is 0 Å². The van der Waals surface area contributed by atoms with Gasteiger partial charge in [-0.1, -0.05) is 42.5 Å². The van der Waals surface area contributed by atoms with Crippen molar-refractivity contribution in [2.45, 2.75) is 0 Å². The second-order valence-corrected chi connectivity index (χ2v) is 3.64. The topological polar surface area (TPSA) is 43.1 Å². The van der Waals surface area contributed by atoms with E-state index in [0.717, 1.165) is 16.3 Å². The Morgan fingerprint density at radius 2 is 1.60 bits per heavy atom. The molecule has 3 aromatic rings. The number of benzene rings is 2. The Hall–Kier alpha value is -2.09. The normalized spacial score (nSPS) is 11.2. The summed E-state index contributed by atoms with van der Waals surface area (Å²) < 4.78 is 0. The van der Waals surface area contributed by atoms with Gasteiger partial charge in [-0.25, -0.2) is 0 Å². The molecule has 3 rings (SSSR count). The fourth-order valence-electron chi connectivity index (χ4n) is 1.89. The number of hydrogen-bond acceptors (Lipinski definition) is 2. The van der Waals surface area contributed by atoms with Crippen molar-refractivity contribution in [1.29, 1.82) is 0 Å². The highest BCUT2D eigenvalue weighted by Gasteiger charge is 2.21. The zero-order valence-corrected chi connectivity index (χ0v) is 8.03. The molecule has 0 aliphatic rings. The summed E-state index contributed by atoms with van der Waals surface area (Å²) in [6.45, 7) is 0. The van der Waals surface area contributed by atoms with Crippen LogP contribution in [0.5, 0.6) is 0 Å². The lowest BCUT2D eigenvalue weighted by Crippen LogP contribution is -1.81. The van der Waals surface area contributed by atoms with Crippen LogP contribution < -0.4 is 11.2 Å². The first-order valence-electron chi connectivity index (χ1n) is 4.81. The highest BCUT2D eigenvalue weighted by molar-refractivity contribution is 6.03. The van der Waals surface area contributed by atoms with Gasteiger partial charge in [0, 0.05) is 0 Å². The maximum Gasteiger partial charge on any atom is 0.212 e. The van der Waals surface area contributed by atoms with Crippen molar-refractivity contribution < 1.29 is 0 Å². The van der Waals surface area contributed by atoms with E-state index in [1.54, 1.807) is 0 Å². The second-order valence-electron chi connectivity index (χ2n) is 3.64. The van der Waals surface area contributed by atoms with Crippen LogP contribution >= 0.6 is 0 Å². The lowest BCUT2D eigenvalue weighted by molar-refractivity contribution is 1.74. The first-order chi connectivity index (χ1) is 7.29. The highest BCUT2D eigenvalue weighted by atomic mass is 16.1. The molecule has 3 aromatic carbocycles. The Kier molecular flexibility index (Phi) is 1.48. The zero-order chi connectivity index (χ0) is 10.4. The van der Waals surface area contributed by atoms with E-state index in [-0.39, 0.29) is 5.43 Å². The van der Waals surface area contributed by atoms with Gasteiger partial charge in [0.25, 0.3) is 0 Å². The number of anilines is 1. The highest BCUT2D eigenvalue weighted by Crippen LogP contribution is 2.33. The summed E-state index contributed by atoms with van der Waals surface area (Å²) in [5.41, 5.74) is 7.60. The molecule has 0 aromatic heterocycles. The van der Waals surface area contributed by atoms with E-state index >= 15 is 0 Å². The van der Waals surface area contributed by atoms with Gasteiger partial charge in [-0.3, -0.25) is 4.79 Å². The molecule has 2 heteroatoms. The summed E-state index contributed by atoms with van der Waals surface area (Å²) in [6, 6.07) is 13.9. The first kappa shape index (κ1) is 8.24. The van der Waals surface area contributed by atoms with E-state index in [2.05, 4.69) is 0 Å². The lowest BCUT2D eigenvalue weighted by atomic mass is 10.0. The van der Waals surface area contributed by atoms with Gasteiger partial charge in [-0.15, -0.1) is 0 Å². The molecule has 0 aliphatic carbocycles. The molecular formula is C13H9NO. The van der Waals surface area contributed by atoms with Crippen LogP contribution in [0.4, 0.5) is 5.69 Å². The smallest absolute Gasteiger partial charge is 0.212 e. The van der Waals surface area contributed by atoms with Crippen molar-refractivity contribution in [3.05, 3.63) is 52.7 Å². The minimum Gasteiger partial charge on any atom is -0.395 e. The molecule has 0 fully saturated rings. The van der Waals surface area contributed by atoms with Crippen molar-refractivity contribution >= 4 is 16.5 Å². The molecule has 0 amide bonds. The molecule has 0 radical (unpaired) electrons. The molecule has 15 heavy (non-hydrogen) atoms. The van der Waals surface area contributed by atoms with Gasteiger partial charge in [0.2, 0.25) is 5.43 Å². The fourth-order valence-corrected chi connectivity index (χ4v) is 1.89. The molecule has 2 nitrogen and oxygen atoms in total. The zero-order valence-electron chi connectivity index (χ0n) is 8.03. The standard InChI is InChI=1S/C13H9NO/c14-12-11(13(12)15)10-7-3-5-8-4-1-2-6-9(8)10/h1-7H,14H2. The largest absolute Gasteiger partial charge is 0.395 e. The van der Waals surface area contributed by atoms with Crippen LogP contribution in [0.15, 0.2) is 47.3 Å². The van der Waals surface area contributed by atoms with Gasteiger partial charge >= 0.3 is 0 Å². The SMILES string of the molecule is Nc1c(-c2cccc3ccccc23)c1=O. The number of hydrogen-bond donors (Lipinski definition) is 1. The van der Waals surface area contributed by atoms with Gasteiger partial charge in [-0.05, 0) is 16.3 Å². The number of rotatable bonds is 1. The maximum atomic E-state index is 11.3. The molecule has 72 valence electrons. The average Bonchev–Trinajstić information content (AvgIpc) is 2.86. The monoisotopic (exact) mass is 195 g/mol. The molecule has 0 aliphatic heterocycles. The van der Waals surface area contributed by atoms with Crippen LogP contribution in [0.3, 0.4) is 0 Å². The molecule has 2 N–H and O–H groups in total. The van der Waals surface area contributed by atoms with Crippen LogP contribution in [0.25, 0.3) is 21.9 Å². The lowest BCUT2D eigenvalue weighted by Gasteiger charge is -2.00. The van der Waals surface area contributed by atoms with E-state index in [1.165, 1.54) is 0 Å². The second kappa shape index (κ2) is 2.70. The predicted octanol–water partition coefficient (Wildman–Crippen LogP) is 2.32. The molecule has 0 saturated heterocycles. The van der Waals surface area contributed by atoms with Crippen LogP contribution in [0, 0.1) is 0 Å². The summed E-state index contributed by atoms with van der Waals surface area (Å²) in [5.74, 6) is 0. The summed E-state index contributed by atoms with van der Waals surface area (Å²) in [7, 11) is 0. The van der Waals surface area contributed by atoms with E-state index in [0.29, 0.717) is 11.3 Å². The van der Waals surface area contributed by atoms with E-state index in [1.807, 2.05) is 42.5 Å². The van der Waals surface area contributed by atoms with E-state index in [4.69, 9.17) is 5.73 Å². The van der Waals surface area contributed by atoms with Gasteiger partial charge < -0.3 is 5.73 Å². The Morgan fingerprint density at radius 1 is 0.933 bits per heavy atom. The third-order valence-corrected chi connectivity index (χ3v) is 2.74. The van der Waals surface area contributed by atoms with Crippen molar-refractivity contribution in [3.8, 4) is 11.1 Å². The number of nitrogens with two attached hydrogens (primary N) is 1. The quantitative estimate of drug-likeness (QED) is 0.647. The molecule has 0 heterocycles. The number of nitrogen functional groups attached to an aromatic ring is 1. The third-order valence-electron chi connectivity index (χ3n) is 2.74. The Balaban J connectivity index is 2.37. The summed E-state index contributed by atoms with van der Waals surface area (Å²) in [5, 5.41) is 2.22. The Labute approximate surface area is 86.6 Å². The predicted molar refractivity (Wildman–Crippen MR) is 62.4 cm³/mol. The fraction of sp³-hybridized carbons (Fsp3) is 0. The van der Waals surface area contributed by atoms with Crippen molar-refractivity contribution in [1.82, 2.24) is 0 Å². The average molecular weight is 195 g/mol. The van der Waals surface area contributed by atoms with Crippen LogP contribution in [0.2, 0.25) is 0 Å². The van der Waals surface area contributed by atoms with Crippen molar-refractivity contribution in [2.75, 3.05) is 5.73 Å². The van der Waals surface area contributed by atoms with Gasteiger partial charge in [-0.2, -0.15) is 0 Å². The maximum absolute atomic E-state index is 11.3. The number of fused-ring (bicyclic) bond motifs is 1. The Morgan fingerprint density at radius 3 is 2.33 bits per heavy atom. The first-order valence-corrected chi connectivity index (χ1v) is 4.81. The van der Waals surface area contributed by atoms with E-state index in [9.17, 15) is 4.79 Å². The molecule has 0 unspecified atom stereocenters. The minimum absolute atomic E-state index is 0.00801. The molecule has 0 atom stereocenters. The summed E-state index contributed by atoms with van der Waals surface area (Å²) in [4.78, 5) is 11.3. The Bertz CT molecular complexity index is 655. The molecule has 0 saturated carbocycles. The summed E-state index contributed by atoms with van der Waals surface area (Å²) >= 11 is 0. The molecular weight excluding hydrogens is 186 g/mol. The molecule has 0 bridgehead atoms. The van der Waals surface area contributed by atoms with Crippen LogP contribution in [0.1, 0.15) is 0 Å². The van der Waals surface area contributed by atoms with Crippen molar-refractivity contribution in [2.24, 2.45) is 0 Å². The van der Waals surface area contributed by atoms with Gasteiger partial charge in [0.15, 0.2) is 0 Å².